The molecule has 2 N–H and O–H groups in total. The number of alkyl halides is 3. The number of hydrogen-bond donors (Lipinski definition) is 1. The van der Waals surface area contributed by atoms with Crippen LogP contribution in [-0.2, 0) is 17.3 Å². The number of hydrogen-bond acceptors (Lipinski definition) is 2. The van der Waals surface area contributed by atoms with Crippen LogP contribution in [-0.4, -0.2) is 19.3 Å². The van der Waals surface area contributed by atoms with Gasteiger partial charge in [0.05, 0.1) is 5.56 Å². The molecule has 1 aliphatic heterocycles. The minimum atomic E-state index is -4.28. The zero-order chi connectivity index (χ0) is 13.9. The van der Waals surface area contributed by atoms with Crippen molar-refractivity contribution in [1.82, 2.24) is 0 Å². The maximum Gasteiger partial charge on any atom is 0.416 e. The second-order valence-corrected chi connectivity index (χ2v) is 5.12. The molecule has 0 amide bonds. The van der Waals surface area contributed by atoms with E-state index in [4.69, 9.17) is 10.5 Å². The molecule has 0 radical (unpaired) electrons. The lowest BCUT2D eigenvalue weighted by atomic mass is 9.95. The maximum atomic E-state index is 12.4. The van der Waals surface area contributed by atoms with Gasteiger partial charge in [-0.2, -0.15) is 13.2 Å². The van der Waals surface area contributed by atoms with Crippen LogP contribution >= 0.6 is 0 Å². The molecule has 1 heterocycles. The first-order valence-corrected chi connectivity index (χ1v) is 6.44. The van der Waals surface area contributed by atoms with E-state index in [0.717, 1.165) is 43.8 Å². The van der Waals surface area contributed by atoms with Crippen molar-refractivity contribution in [2.75, 3.05) is 13.2 Å². The molecule has 1 saturated heterocycles. The topological polar surface area (TPSA) is 35.2 Å². The Bertz CT molecular complexity index is 396. The highest BCUT2D eigenvalue weighted by atomic mass is 19.4. The van der Waals surface area contributed by atoms with Crippen LogP contribution in [0.3, 0.4) is 0 Å². The Kier molecular flexibility index (Phi) is 4.47. The van der Waals surface area contributed by atoms with Crippen molar-refractivity contribution in [2.45, 2.75) is 31.5 Å². The summed E-state index contributed by atoms with van der Waals surface area (Å²) in [5.74, 6) is 0.490. The Morgan fingerprint density at radius 2 is 1.95 bits per heavy atom. The Balaban J connectivity index is 1.88. The summed E-state index contributed by atoms with van der Waals surface area (Å²) < 4.78 is 42.5. The summed E-state index contributed by atoms with van der Waals surface area (Å²) in [6, 6.07) is 5.21. The van der Waals surface area contributed by atoms with E-state index in [2.05, 4.69) is 0 Å². The molecule has 0 bridgehead atoms. The van der Waals surface area contributed by atoms with Crippen molar-refractivity contribution in [1.29, 1.82) is 0 Å². The summed E-state index contributed by atoms with van der Waals surface area (Å²) in [6.07, 6.45) is -1.78. The number of halogens is 3. The lowest BCUT2D eigenvalue weighted by Gasteiger charge is -2.15. The Labute approximate surface area is 110 Å². The molecule has 1 aliphatic rings. The molecule has 2 unspecified atom stereocenters. The minimum absolute atomic E-state index is 0.0246. The van der Waals surface area contributed by atoms with Crippen LogP contribution in [0.4, 0.5) is 13.2 Å². The lowest BCUT2D eigenvalue weighted by Crippen LogP contribution is -2.26. The normalized spacial score (nSPS) is 21.6. The predicted molar refractivity (Wildman–Crippen MR) is 66.7 cm³/mol. The van der Waals surface area contributed by atoms with Crippen LogP contribution < -0.4 is 5.73 Å². The van der Waals surface area contributed by atoms with Gasteiger partial charge in [-0.25, -0.2) is 0 Å². The van der Waals surface area contributed by atoms with E-state index in [9.17, 15) is 13.2 Å². The van der Waals surface area contributed by atoms with Crippen LogP contribution in [0.15, 0.2) is 24.3 Å². The summed E-state index contributed by atoms with van der Waals surface area (Å²) >= 11 is 0. The lowest BCUT2D eigenvalue weighted by molar-refractivity contribution is -0.137. The molecular weight excluding hydrogens is 255 g/mol. The first kappa shape index (κ1) is 14.3. The van der Waals surface area contributed by atoms with Gasteiger partial charge in [0.1, 0.15) is 0 Å². The molecule has 2 rings (SSSR count). The van der Waals surface area contributed by atoms with Crippen molar-refractivity contribution in [3.63, 3.8) is 0 Å². The second-order valence-electron chi connectivity index (χ2n) is 5.12. The van der Waals surface area contributed by atoms with E-state index in [1.165, 1.54) is 12.1 Å². The summed E-state index contributed by atoms with van der Waals surface area (Å²) in [6.45, 7) is 1.54. The maximum absolute atomic E-state index is 12.4. The molecule has 0 spiro atoms. The molecule has 106 valence electrons. The predicted octanol–water partition coefficient (Wildman–Crippen LogP) is 3.00. The number of nitrogens with two attached hydrogens (primary N) is 1. The van der Waals surface area contributed by atoms with Gasteiger partial charge in [-0.15, -0.1) is 0 Å². The highest BCUT2D eigenvalue weighted by Crippen LogP contribution is 2.29. The second kappa shape index (κ2) is 5.92. The molecule has 0 aliphatic carbocycles. The average Bonchev–Trinajstić information content (AvgIpc) is 2.81. The van der Waals surface area contributed by atoms with Gasteiger partial charge in [-0.05, 0) is 42.9 Å². The first-order chi connectivity index (χ1) is 8.95. The molecule has 19 heavy (non-hydrogen) atoms. The van der Waals surface area contributed by atoms with Gasteiger partial charge in [0.15, 0.2) is 0 Å². The fourth-order valence-electron chi connectivity index (χ4n) is 2.41. The quantitative estimate of drug-likeness (QED) is 0.915. The Hall–Kier alpha value is -1.07. The molecule has 5 heteroatoms. The monoisotopic (exact) mass is 273 g/mol. The van der Waals surface area contributed by atoms with Gasteiger partial charge in [0, 0.05) is 19.3 Å². The minimum Gasteiger partial charge on any atom is -0.381 e. The molecule has 1 aromatic carbocycles. The van der Waals surface area contributed by atoms with Crippen LogP contribution in [0.5, 0.6) is 0 Å². The zero-order valence-corrected chi connectivity index (χ0v) is 10.6. The highest BCUT2D eigenvalue weighted by Gasteiger charge is 2.30. The van der Waals surface area contributed by atoms with Crippen molar-refractivity contribution < 1.29 is 17.9 Å². The molecule has 2 atom stereocenters. The van der Waals surface area contributed by atoms with E-state index in [-0.39, 0.29) is 6.04 Å². The van der Waals surface area contributed by atoms with Gasteiger partial charge in [0.25, 0.3) is 0 Å². The zero-order valence-electron chi connectivity index (χ0n) is 10.6. The Morgan fingerprint density at radius 1 is 1.26 bits per heavy atom. The summed E-state index contributed by atoms with van der Waals surface area (Å²) in [4.78, 5) is 0. The van der Waals surface area contributed by atoms with Gasteiger partial charge in [-0.3, -0.25) is 0 Å². The third-order valence-electron chi connectivity index (χ3n) is 3.44. The van der Waals surface area contributed by atoms with Crippen LogP contribution in [0, 0.1) is 5.92 Å². The van der Waals surface area contributed by atoms with Crippen LogP contribution in [0.1, 0.15) is 24.0 Å². The van der Waals surface area contributed by atoms with E-state index in [1.54, 1.807) is 0 Å². The molecule has 0 saturated carbocycles. The first-order valence-electron chi connectivity index (χ1n) is 6.44. The largest absolute Gasteiger partial charge is 0.416 e. The molecule has 1 aromatic rings. The number of rotatable bonds is 4. The summed E-state index contributed by atoms with van der Waals surface area (Å²) in [7, 11) is 0. The van der Waals surface area contributed by atoms with Gasteiger partial charge >= 0.3 is 6.18 Å². The number of benzene rings is 1. The van der Waals surface area contributed by atoms with Crippen molar-refractivity contribution in [3.05, 3.63) is 35.4 Å². The van der Waals surface area contributed by atoms with E-state index >= 15 is 0 Å². The molecule has 0 aromatic heterocycles. The smallest absolute Gasteiger partial charge is 0.381 e. The summed E-state index contributed by atoms with van der Waals surface area (Å²) in [5, 5.41) is 0. The van der Waals surface area contributed by atoms with Gasteiger partial charge in [0.2, 0.25) is 0 Å². The van der Waals surface area contributed by atoms with Crippen molar-refractivity contribution in [2.24, 2.45) is 11.7 Å². The van der Waals surface area contributed by atoms with E-state index < -0.39 is 11.7 Å². The molecular formula is C14H18F3NO. The molecule has 2 nitrogen and oxygen atoms in total. The van der Waals surface area contributed by atoms with Crippen molar-refractivity contribution >= 4 is 0 Å². The molecule has 1 fully saturated rings. The van der Waals surface area contributed by atoms with Crippen molar-refractivity contribution in [3.8, 4) is 0 Å². The van der Waals surface area contributed by atoms with Crippen LogP contribution in [0.2, 0.25) is 0 Å². The average molecular weight is 273 g/mol. The fourth-order valence-corrected chi connectivity index (χ4v) is 2.41. The number of ether oxygens (including phenoxy) is 1. The SMILES string of the molecule is NC(Cc1ccc(C(F)(F)F)cc1)CC1CCOC1. The standard InChI is InChI=1S/C14H18F3NO/c15-14(16,17)12-3-1-10(2-4-12)7-13(18)8-11-5-6-19-9-11/h1-4,11,13H,5-9,18H2. The highest BCUT2D eigenvalue weighted by molar-refractivity contribution is 5.25. The Morgan fingerprint density at radius 3 is 2.47 bits per heavy atom. The van der Waals surface area contributed by atoms with Gasteiger partial charge in [-0.1, -0.05) is 12.1 Å². The van der Waals surface area contributed by atoms with Crippen LogP contribution in [0.25, 0.3) is 0 Å². The fraction of sp³-hybridized carbons (Fsp3) is 0.571. The van der Waals surface area contributed by atoms with E-state index in [0.29, 0.717) is 12.3 Å². The van der Waals surface area contributed by atoms with Gasteiger partial charge < -0.3 is 10.5 Å². The third kappa shape index (κ3) is 4.21. The third-order valence-corrected chi connectivity index (χ3v) is 3.44. The van der Waals surface area contributed by atoms with E-state index in [1.807, 2.05) is 0 Å². The summed E-state index contributed by atoms with van der Waals surface area (Å²) in [5.41, 5.74) is 6.26.